The van der Waals surface area contributed by atoms with E-state index >= 15 is 0 Å². The van der Waals surface area contributed by atoms with E-state index in [1.807, 2.05) is 0 Å². The maximum atomic E-state index is 12.1. The van der Waals surface area contributed by atoms with Crippen LogP contribution in [0.25, 0.3) is 0 Å². The van der Waals surface area contributed by atoms with E-state index in [1.54, 1.807) is 26.2 Å². The zero-order chi connectivity index (χ0) is 15.6. The van der Waals surface area contributed by atoms with E-state index in [0.29, 0.717) is 18.7 Å². The first-order valence-corrected chi connectivity index (χ1v) is 6.52. The van der Waals surface area contributed by atoms with Gasteiger partial charge in [0.05, 0.1) is 12.1 Å². The normalized spacial score (nSPS) is 12.8. The average molecular weight is 291 g/mol. The molecule has 1 aromatic carbocycles. The Labute approximate surface area is 122 Å². The highest BCUT2D eigenvalue weighted by Crippen LogP contribution is 2.28. The number of urea groups is 1. The van der Waals surface area contributed by atoms with Crippen LogP contribution in [0, 0.1) is 0 Å². The maximum absolute atomic E-state index is 12.1. The van der Waals surface area contributed by atoms with Gasteiger partial charge in [0, 0.05) is 26.3 Å². The number of hydrogen-bond donors (Lipinski definition) is 2. The van der Waals surface area contributed by atoms with Crippen molar-refractivity contribution in [3.63, 3.8) is 0 Å². The van der Waals surface area contributed by atoms with Gasteiger partial charge in [-0.1, -0.05) is 0 Å². The minimum atomic E-state index is -0.989. The van der Waals surface area contributed by atoms with Crippen LogP contribution < -0.4 is 10.2 Å². The molecule has 0 unspecified atom stereocenters. The predicted molar refractivity (Wildman–Crippen MR) is 76.5 cm³/mol. The van der Waals surface area contributed by atoms with Crippen molar-refractivity contribution < 1.29 is 19.5 Å². The summed E-state index contributed by atoms with van der Waals surface area (Å²) < 4.78 is 0. The van der Waals surface area contributed by atoms with Gasteiger partial charge in [0.15, 0.2) is 0 Å². The third-order valence-electron chi connectivity index (χ3n) is 3.36. The van der Waals surface area contributed by atoms with Crippen molar-refractivity contribution in [3.8, 4) is 0 Å². The second kappa shape index (κ2) is 5.82. The van der Waals surface area contributed by atoms with Crippen LogP contribution in [-0.2, 0) is 11.2 Å². The number of carboxylic acid groups (broad SMARTS) is 1. The average Bonchev–Trinajstić information content (AvgIpc) is 2.86. The van der Waals surface area contributed by atoms with Crippen LogP contribution in [0.1, 0.15) is 15.9 Å². The fourth-order valence-electron chi connectivity index (χ4n) is 2.15. The molecule has 2 N–H and O–H groups in total. The molecule has 0 atom stereocenters. The molecule has 0 saturated carbocycles. The van der Waals surface area contributed by atoms with Gasteiger partial charge >= 0.3 is 12.0 Å². The number of benzene rings is 1. The lowest BCUT2D eigenvalue weighted by Gasteiger charge is -2.19. The van der Waals surface area contributed by atoms with Crippen LogP contribution in [0.4, 0.5) is 10.5 Å². The molecule has 2 rings (SSSR count). The molecule has 0 aliphatic carbocycles. The molecular formula is C14H17N3O4. The summed E-state index contributed by atoms with van der Waals surface area (Å²) in [6.45, 7) is 0.408. The van der Waals surface area contributed by atoms with Gasteiger partial charge in [-0.3, -0.25) is 9.69 Å². The quantitative estimate of drug-likeness (QED) is 0.850. The van der Waals surface area contributed by atoms with Crippen molar-refractivity contribution in [2.75, 3.05) is 32.1 Å². The molecule has 0 radical (unpaired) electrons. The molecule has 1 aliphatic rings. The minimum Gasteiger partial charge on any atom is -0.478 e. The highest BCUT2D eigenvalue weighted by Gasteiger charge is 2.25. The number of likely N-dealkylation sites (N-methyl/N-ethyl adjacent to an activating group) is 1. The monoisotopic (exact) mass is 291 g/mol. The van der Waals surface area contributed by atoms with Crippen molar-refractivity contribution >= 4 is 23.6 Å². The van der Waals surface area contributed by atoms with Crippen LogP contribution >= 0.6 is 0 Å². The Kier molecular flexibility index (Phi) is 4.11. The van der Waals surface area contributed by atoms with Gasteiger partial charge < -0.3 is 15.3 Å². The summed E-state index contributed by atoms with van der Waals surface area (Å²) in [7, 11) is 3.24. The fourth-order valence-corrected chi connectivity index (χ4v) is 2.15. The van der Waals surface area contributed by atoms with Gasteiger partial charge in [0.1, 0.15) is 0 Å². The lowest BCUT2D eigenvalue weighted by molar-refractivity contribution is -0.127. The number of fused-ring (bicyclic) bond motifs is 1. The number of anilines is 1. The molecule has 3 amide bonds. The summed E-state index contributed by atoms with van der Waals surface area (Å²) in [5.41, 5.74) is 1.72. The summed E-state index contributed by atoms with van der Waals surface area (Å²) in [6.07, 6.45) is 0.603. The van der Waals surface area contributed by atoms with Crippen molar-refractivity contribution in [2.45, 2.75) is 6.42 Å². The molecule has 1 heterocycles. The van der Waals surface area contributed by atoms with Crippen LogP contribution in [0.5, 0.6) is 0 Å². The van der Waals surface area contributed by atoms with Gasteiger partial charge in [0.25, 0.3) is 0 Å². The number of aromatic carboxylic acids is 1. The van der Waals surface area contributed by atoms with E-state index in [1.165, 1.54) is 15.9 Å². The number of carbonyl (C=O) groups is 3. The second-order valence-electron chi connectivity index (χ2n) is 5.00. The molecule has 1 aromatic rings. The summed E-state index contributed by atoms with van der Waals surface area (Å²) >= 11 is 0. The third kappa shape index (κ3) is 3.13. The molecular weight excluding hydrogens is 274 g/mol. The van der Waals surface area contributed by atoms with E-state index in [-0.39, 0.29) is 24.0 Å². The number of nitrogens with zero attached hydrogens (tertiary/aromatic N) is 2. The molecule has 21 heavy (non-hydrogen) atoms. The van der Waals surface area contributed by atoms with Gasteiger partial charge in [0.2, 0.25) is 5.91 Å². The third-order valence-corrected chi connectivity index (χ3v) is 3.36. The predicted octanol–water partition coefficient (Wildman–Crippen LogP) is 0.545. The number of nitrogens with one attached hydrogen (secondary N) is 1. The van der Waals surface area contributed by atoms with Crippen molar-refractivity contribution in [1.82, 2.24) is 10.2 Å². The lowest BCUT2D eigenvalue weighted by atomic mass is 10.1. The highest BCUT2D eigenvalue weighted by molar-refractivity contribution is 5.97. The molecule has 1 aliphatic heterocycles. The zero-order valence-electron chi connectivity index (χ0n) is 11.9. The Hall–Kier alpha value is -2.57. The first-order valence-electron chi connectivity index (χ1n) is 6.52. The smallest absolute Gasteiger partial charge is 0.335 e. The van der Waals surface area contributed by atoms with Crippen LogP contribution in [-0.4, -0.2) is 55.1 Å². The molecule has 112 valence electrons. The SMILES string of the molecule is CN(C)C(=O)CNC(=O)N1CCc2cc(C(=O)O)ccc21. The standard InChI is InChI=1S/C14H17N3O4/c1-16(2)12(18)8-15-14(21)17-6-5-9-7-10(13(19)20)3-4-11(9)17/h3-4,7H,5-6,8H2,1-2H3,(H,15,21)(H,19,20). The van der Waals surface area contributed by atoms with Crippen molar-refractivity contribution in [1.29, 1.82) is 0 Å². The first kappa shape index (κ1) is 14.8. The van der Waals surface area contributed by atoms with E-state index in [9.17, 15) is 14.4 Å². The zero-order valence-corrected chi connectivity index (χ0v) is 11.9. The number of carboxylic acids is 1. The van der Waals surface area contributed by atoms with Gasteiger partial charge in [-0.05, 0) is 30.2 Å². The van der Waals surface area contributed by atoms with Crippen LogP contribution in [0.2, 0.25) is 0 Å². The Morgan fingerprint density at radius 3 is 2.67 bits per heavy atom. The van der Waals surface area contributed by atoms with Gasteiger partial charge in [-0.25, -0.2) is 9.59 Å². The topological polar surface area (TPSA) is 90.0 Å². The van der Waals surface area contributed by atoms with E-state index in [2.05, 4.69) is 5.32 Å². The number of rotatable bonds is 3. The number of hydrogen-bond acceptors (Lipinski definition) is 3. The summed E-state index contributed by atoms with van der Waals surface area (Å²) in [6, 6.07) is 4.32. The molecule has 0 bridgehead atoms. The Morgan fingerprint density at radius 1 is 1.33 bits per heavy atom. The first-order chi connectivity index (χ1) is 9.90. The Bertz CT molecular complexity index is 598. The molecule has 0 fully saturated rings. The summed E-state index contributed by atoms with van der Waals surface area (Å²) in [5.74, 6) is -1.18. The molecule has 0 aromatic heterocycles. The van der Waals surface area contributed by atoms with Crippen LogP contribution in [0.15, 0.2) is 18.2 Å². The summed E-state index contributed by atoms with van der Waals surface area (Å²) in [5, 5.41) is 11.5. The van der Waals surface area contributed by atoms with E-state index in [4.69, 9.17) is 5.11 Å². The second-order valence-corrected chi connectivity index (χ2v) is 5.00. The van der Waals surface area contributed by atoms with E-state index in [0.717, 1.165) is 5.56 Å². The molecule has 7 nitrogen and oxygen atoms in total. The number of amides is 3. The Balaban J connectivity index is 2.07. The largest absolute Gasteiger partial charge is 0.478 e. The van der Waals surface area contributed by atoms with Crippen molar-refractivity contribution in [2.24, 2.45) is 0 Å². The van der Waals surface area contributed by atoms with E-state index < -0.39 is 5.97 Å². The van der Waals surface area contributed by atoms with Crippen molar-refractivity contribution in [3.05, 3.63) is 29.3 Å². The minimum absolute atomic E-state index is 0.0646. The molecule has 7 heteroatoms. The molecule has 0 spiro atoms. The van der Waals surface area contributed by atoms with Gasteiger partial charge in [-0.15, -0.1) is 0 Å². The highest BCUT2D eigenvalue weighted by atomic mass is 16.4. The molecule has 0 saturated heterocycles. The Morgan fingerprint density at radius 2 is 2.05 bits per heavy atom. The van der Waals surface area contributed by atoms with Crippen LogP contribution in [0.3, 0.4) is 0 Å². The van der Waals surface area contributed by atoms with Gasteiger partial charge in [-0.2, -0.15) is 0 Å². The maximum Gasteiger partial charge on any atom is 0.335 e. The number of carbonyl (C=O) groups excluding carboxylic acids is 2. The lowest BCUT2D eigenvalue weighted by Crippen LogP contribution is -2.43. The summed E-state index contributed by atoms with van der Waals surface area (Å²) in [4.78, 5) is 37.4. The fraction of sp³-hybridized carbons (Fsp3) is 0.357.